The summed E-state index contributed by atoms with van der Waals surface area (Å²) in [6, 6.07) is 67.2. The van der Waals surface area contributed by atoms with Gasteiger partial charge in [0.05, 0.1) is 11.4 Å². The number of nitrogens with zero attached hydrogens (tertiary/aromatic N) is 1. The first-order valence-corrected chi connectivity index (χ1v) is 20.4. The third-order valence-electron chi connectivity index (χ3n) is 11.6. The van der Waals surface area contributed by atoms with Gasteiger partial charge >= 0.3 is 0 Å². The summed E-state index contributed by atoms with van der Waals surface area (Å²) in [5, 5.41) is 27.6. The van der Waals surface area contributed by atoms with Crippen LogP contribution in [0.4, 0.5) is 5.69 Å². The predicted octanol–water partition coefficient (Wildman–Crippen LogP) is 14.5. The Labute approximate surface area is 354 Å². The standard InChI is InChI=1S/C46H30N2.C11H10N2/c47-41-28-31(44-34-21-9-7-19-32(34)42(29-15-3-1-4-16-29)33-20-8-10-22-35(33)44)27-40(46(41)48)45-38-25-13-11-23-36(38)43(30-17-5-2-6-18-30)37-24-12-14-26-39(37)45;12-11-3-1-9(2-4-11)10-5-7-13-8-6-10/h1-28,47-48H;1-8H,12H2. The van der Waals surface area contributed by atoms with E-state index in [0.29, 0.717) is 0 Å². The largest absolute Gasteiger partial charge is 0.399 e. The monoisotopic (exact) mass is 780 g/mol. The first kappa shape index (κ1) is 37.1. The van der Waals surface area contributed by atoms with Crippen molar-refractivity contribution >= 4 is 71.3 Å². The van der Waals surface area contributed by atoms with Gasteiger partial charge in [0.1, 0.15) is 0 Å². The van der Waals surface area contributed by atoms with Crippen molar-refractivity contribution in [3.8, 4) is 33.4 Å². The molecular formula is C57H40N4. The lowest BCUT2D eigenvalue weighted by Gasteiger charge is -2.24. The Morgan fingerprint density at radius 1 is 0.328 bits per heavy atom. The second-order valence-corrected chi connectivity index (χ2v) is 15.2. The smallest absolute Gasteiger partial charge is 0.0868 e. The van der Waals surface area contributed by atoms with Crippen LogP contribution in [0.5, 0.6) is 0 Å². The number of rotatable bonds is 5. The molecule has 0 saturated heterocycles. The summed E-state index contributed by atoms with van der Waals surface area (Å²) in [5.41, 5.74) is 17.7. The Hall–Kier alpha value is -8.21. The summed E-state index contributed by atoms with van der Waals surface area (Å²) in [4.78, 5) is 3.96. The maximum Gasteiger partial charge on any atom is 0.0868 e. The van der Waals surface area contributed by atoms with Gasteiger partial charge in [-0.05, 0) is 130 Å². The van der Waals surface area contributed by atoms with Crippen LogP contribution in [0.3, 0.4) is 0 Å². The molecule has 4 nitrogen and oxygen atoms in total. The van der Waals surface area contributed by atoms with Gasteiger partial charge in [0.2, 0.25) is 0 Å². The molecule has 1 aliphatic rings. The Morgan fingerprint density at radius 3 is 1.11 bits per heavy atom. The van der Waals surface area contributed by atoms with Gasteiger partial charge in [-0.1, -0.05) is 170 Å². The number of pyridine rings is 1. The number of allylic oxidation sites excluding steroid dienone is 4. The molecular weight excluding hydrogens is 741 g/mol. The van der Waals surface area contributed by atoms with Crippen molar-refractivity contribution in [1.29, 1.82) is 10.8 Å². The number of anilines is 1. The molecule has 0 spiro atoms. The summed E-state index contributed by atoms with van der Waals surface area (Å²) in [7, 11) is 0. The number of aromatic nitrogens is 1. The second-order valence-electron chi connectivity index (χ2n) is 15.2. The van der Waals surface area contributed by atoms with Crippen molar-refractivity contribution in [3.63, 3.8) is 0 Å². The number of fused-ring (bicyclic) bond motifs is 4. The lowest BCUT2D eigenvalue weighted by molar-refractivity contribution is 1.33. The first-order chi connectivity index (χ1) is 30.0. The zero-order valence-corrected chi connectivity index (χ0v) is 33.3. The van der Waals surface area contributed by atoms with E-state index in [1.165, 1.54) is 27.5 Å². The molecule has 1 aromatic heterocycles. The van der Waals surface area contributed by atoms with Crippen LogP contribution in [0.15, 0.2) is 219 Å². The Balaban J connectivity index is 0.000000293. The van der Waals surface area contributed by atoms with Crippen molar-refractivity contribution in [2.24, 2.45) is 0 Å². The average Bonchev–Trinajstić information content (AvgIpc) is 3.32. The maximum atomic E-state index is 9.35. The van der Waals surface area contributed by atoms with Gasteiger partial charge in [-0.3, -0.25) is 15.8 Å². The van der Waals surface area contributed by atoms with E-state index in [9.17, 15) is 10.8 Å². The normalized spacial score (nSPS) is 12.6. The number of nitrogen functional groups attached to an aromatic ring is 1. The number of hydrogen-bond donors (Lipinski definition) is 3. The van der Waals surface area contributed by atoms with E-state index in [2.05, 4.69) is 169 Å². The van der Waals surface area contributed by atoms with E-state index in [1.54, 1.807) is 12.4 Å². The fraction of sp³-hybridized carbons (Fsp3) is 0. The lowest BCUT2D eigenvalue weighted by atomic mass is 9.79. The van der Waals surface area contributed by atoms with Gasteiger partial charge in [0, 0.05) is 23.7 Å². The highest BCUT2D eigenvalue weighted by Crippen LogP contribution is 2.46. The summed E-state index contributed by atoms with van der Waals surface area (Å²) >= 11 is 0. The summed E-state index contributed by atoms with van der Waals surface area (Å²) in [5.74, 6) is 0. The molecule has 0 bridgehead atoms. The van der Waals surface area contributed by atoms with Crippen molar-refractivity contribution in [2.45, 2.75) is 0 Å². The van der Waals surface area contributed by atoms with Gasteiger partial charge in [-0.25, -0.2) is 0 Å². The van der Waals surface area contributed by atoms with Gasteiger partial charge in [0.15, 0.2) is 0 Å². The fourth-order valence-electron chi connectivity index (χ4n) is 8.89. The molecule has 11 rings (SSSR count). The Morgan fingerprint density at radius 2 is 0.689 bits per heavy atom. The van der Waals surface area contributed by atoms with E-state index in [0.717, 1.165) is 77.0 Å². The van der Waals surface area contributed by atoms with Gasteiger partial charge in [-0.2, -0.15) is 0 Å². The average molecular weight is 781 g/mol. The zero-order chi connectivity index (χ0) is 41.3. The van der Waals surface area contributed by atoms with Gasteiger partial charge in [0.25, 0.3) is 0 Å². The topological polar surface area (TPSA) is 86.6 Å². The molecule has 0 radical (unpaired) electrons. The van der Waals surface area contributed by atoms with Crippen molar-refractivity contribution in [2.75, 3.05) is 5.73 Å². The highest BCUT2D eigenvalue weighted by Gasteiger charge is 2.26. The Kier molecular flexibility index (Phi) is 9.64. The number of nitrogens with one attached hydrogen (secondary N) is 2. The van der Waals surface area contributed by atoms with Crippen LogP contribution < -0.4 is 5.73 Å². The Bertz CT molecular complexity index is 3250. The van der Waals surface area contributed by atoms with Crippen LogP contribution in [0.2, 0.25) is 0 Å². The van der Waals surface area contributed by atoms with E-state index in [-0.39, 0.29) is 11.4 Å². The van der Waals surface area contributed by atoms with Crippen molar-refractivity contribution in [3.05, 3.63) is 230 Å². The lowest BCUT2D eigenvalue weighted by Crippen LogP contribution is -2.16. The van der Waals surface area contributed by atoms with E-state index >= 15 is 0 Å². The van der Waals surface area contributed by atoms with Gasteiger partial charge < -0.3 is 5.73 Å². The molecule has 61 heavy (non-hydrogen) atoms. The molecule has 0 aliphatic heterocycles. The molecule has 288 valence electrons. The molecule has 4 heteroatoms. The molecule has 0 atom stereocenters. The minimum Gasteiger partial charge on any atom is -0.399 e. The summed E-state index contributed by atoms with van der Waals surface area (Å²) in [6.07, 6.45) is 7.61. The minimum atomic E-state index is 0.211. The third-order valence-corrected chi connectivity index (χ3v) is 11.6. The van der Waals surface area contributed by atoms with Crippen LogP contribution in [0.1, 0.15) is 11.1 Å². The molecule has 1 heterocycles. The van der Waals surface area contributed by atoms with E-state index < -0.39 is 0 Å². The minimum absolute atomic E-state index is 0.211. The van der Waals surface area contributed by atoms with Crippen LogP contribution in [-0.2, 0) is 0 Å². The molecule has 1 aliphatic carbocycles. The quantitative estimate of drug-likeness (QED) is 0.0923. The zero-order valence-electron chi connectivity index (χ0n) is 33.3. The van der Waals surface area contributed by atoms with E-state index in [4.69, 9.17) is 5.73 Å². The van der Waals surface area contributed by atoms with Crippen molar-refractivity contribution in [1.82, 2.24) is 4.98 Å². The van der Waals surface area contributed by atoms with Crippen LogP contribution in [0, 0.1) is 10.8 Å². The number of nitrogens with two attached hydrogens (primary N) is 1. The number of benzene rings is 9. The highest BCUT2D eigenvalue weighted by atomic mass is 14.6. The third kappa shape index (κ3) is 6.76. The fourth-order valence-corrected chi connectivity index (χ4v) is 8.89. The molecule has 10 aromatic rings. The van der Waals surface area contributed by atoms with Gasteiger partial charge in [-0.15, -0.1) is 0 Å². The molecule has 0 fully saturated rings. The SMILES string of the molecule is N=C1C=C(c2c3ccccc3c(-c3ccccc3)c3ccccc23)C=C(c2c3ccccc3c(-c3ccccc3)c3ccccc23)C1=N.Nc1ccc(-c2ccncc2)cc1. The molecule has 4 N–H and O–H groups in total. The summed E-state index contributed by atoms with van der Waals surface area (Å²) in [6.45, 7) is 0. The molecule has 0 unspecified atom stereocenters. The predicted molar refractivity (Wildman–Crippen MR) is 259 cm³/mol. The van der Waals surface area contributed by atoms with Crippen LogP contribution >= 0.6 is 0 Å². The highest BCUT2D eigenvalue weighted by molar-refractivity contribution is 6.62. The van der Waals surface area contributed by atoms with E-state index in [1.807, 2.05) is 42.5 Å². The number of hydrogen-bond acceptors (Lipinski definition) is 4. The van der Waals surface area contributed by atoms with Crippen molar-refractivity contribution < 1.29 is 0 Å². The second kappa shape index (κ2) is 15.9. The van der Waals surface area contributed by atoms with Crippen LogP contribution in [-0.4, -0.2) is 16.4 Å². The van der Waals surface area contributed by atoms with Crippen LogP contribution in [0.25, 0.3) is 87.6 Å². The first-order valence-electron chi connectivity index (χ1n) is 20.4. The maximum absolute atomic E-state index is 9.35. The molecule has 9 aromatic carbocycles. The summed E-state index contributed by atoms with van der Waals surface area (Å²) < 4.78 is 0. The molecule has 0 saturated carbocycles. The molecule has 0 amide bonds.